The zero-order valence-corrected chi connectivity index (χ0v) is 31.3. The molecule has 0 fully saturated rings. The highest BCUT2D eigenvalue weighted by molar-refractivity contribution is 6.74. The molecule has 4 heteroatoms. The van der Waals surface area contributed by atoms with Crippen molar-refractivity contribution in [1.29, 1.82) is 0 Å². The zero-order chi connectivity index (χ0) is 37.6. The van der Waals surface area contributed by atoms with Gasteiger partial charge in [0.1, 0.15) is 11.3 Å². The van der Waals surface area contributed by atoms with Crippen LogP contribution >= 0.6 is 0 Å². The lowest BCUT2D eigenvalue weighted by Gasteiger charge is -2.25. The normalized spacial score (nSPS) is 12.1. The Morgan fingerprint density at radius 2 is 1.21 bits per heavy atom. The van der Waals surface area contributed by atoms with Crippen LogP contribution in [0.1, 0.15) is 5.56 Å². The molecule has 9 aromatic carbocycles. The van der Waals surface area contributed by atoms with Crippen molar-refractivity contribution in [3.63, 3.8) is 0 Å². The predicted molar refractivity (Wildman–Crippen MR) is 241 cm³/mol. The van der Waals surface area contributed by atoms with E-state index in [4.69, 9.17) is 4.42 Å². The van der Waals surface area contributed by atoms with Crippen LogP contribution in [0.3, 0.4) is 0 Å². The van der Waals surface area contributed by atoms with Crippen molar-refractivity contribution < 1.29 is 4.42 Å². The van der Waals surface area contributed by atoms with E-state index in [1.807, 2.05) is 0 Å². The molecule has 12 rings (SSSR count). The standard InChI is InChI=1S/C53H34BN2O/c1-32-24-27-36(28-25-32)55-44-23-13-12-22-40(44)48-38-20-10-11-21-39(38)49-41-29-26-33-14-8-9-19-37(33)51(41)56-45-30-42-46(31-43(45)54-50(48)52(49)56)57-53(35-17-6-3-7-18-35)47(42)34-15-4-2-5-16-34/h2-31,55H,1H3. The molecule has 3 nitrogen and oxygen atoms in total. The minimum Gasteiger partial charge on any atom is -0.455 e. The SMILES string of the molecule is Cc1ccc(Nc2ccccc2-c2c3c4c(c5ccccc25)c2ccc5ccccc5c2n4-c2cc4c(-c5ccccc5)c(-c5ccccc5)oc4cc2[B]3)cc1. The van der Waals surface area contributed by atoms with Crippen molar-refractivity contribution in [3.8, 4) is 39.3 Å². The van der Waals surface area contributed by atoms with Crippen molar-refractivity contribution in [1.82, 2.24) is 4.57 Å². The fourth-order valence-corrected chi connectivity index (χ4v) is 9.33. The number of para-hydroxylation sites is 1. The second kappa shape index (κ2) is 12.4. The first-order valence-electron chi connectivity index (χ1n) is 19.6. The molecule has 3 heterocycles. The van der Waals surface area contributed by atoms with Crippen LogP contribution in [0.25, 0.3) is 93.6 Å². The Balaban J connectivity index is 1.23. The van der Waals surface area contributed by atoms with E-state index in [1.165, 1.54) is 59.9 Å². The molecule has 11 aromatic rings. The fourth-order valence-electron chi connectivity index (χ4n) is 9.33. The summed E-state index contributed by atoms with van der Waals surface area (Å²) in [6.07, 6.45) is 0. The number of nitrogens with zero attached hydrogens (tertiary/aromatic N) is 1. The van der Waals surface area contributed by atoms with Gasteiger partial charge in [-0.3, -0.25) is 0 Å². The van der Waals surface area contributed by atoms with E-state index in [2.05, 4.69) is 206 Å². The van der Waals surface area contributed by atoms with Gasteiger partial charge in [0, 0.05) is 60.8 Å². The van der Waals surface area contributed by atoms with Crippen LogP contribution in [0.5, 0.6) is 0 Å². The first kappa shape index (κ1) is 32.0. The molecule has 0 amide bonds. The average Bonchev–Trinajstić information content (AvgIpc) is 3.82. The number of benzene rings is 9. The highest BCUT2D eigenvalue weighted by atomic mass is 16.3. The van der Waals surface area contributed by atoms with Crippen molar-refractivity contribution in [2.24, 2.45) is 0 Å². The van der Waals surface area contributed by atoms with E-state index in [1.54, 1.807) is 0 Å². The van der Waals surface area contributed by atoms with Crippen LogP contribution in [-0.4, -0.2) is 11.8 Å². The maximum atomic E-state index is 6.95. The Morgan fingerprint density at radius 1 is 0.526 bits per heavy atom. The van der Waals surface area contributed by atoms with E-state index in [9.17, 15) is 0 Å². The number of hydrogen-bond donors (Lipinski definition) is 1. The summed E-state index contributed by atoms with van der Waals surface area (Å²) < 4.78 is 9.51. The molecule has 0 bridgehead atoms. The molecule has 0 saturated heterocycles. The summed E-state index contributed by atoms with van der Waals surface area (Å²) in [6, 6.07) is 65.6. The highest BCUT2D eigenvalue weighted by Crippen LogP contribution is 2.47. The predicted octanol–water partition coefficient (Wildman–Crippen LogP) is 12.9. The van der Waals surface area contributed by atoms with Gasteiger partial charge in [0.2, 0.25) is 0 Å². The van der Waals surface area contributed by atoms with Gasteiger partial charge in [0.05, 0.1) is 5.52 Å². The number of aromatic nitrogens is 1. The molecular weight excluding hydrogens is 691 g/mol. The van der Waals surface area contributed by atoms with Gasteiger partial charge in [-0.15, -0.1) is 0 Å². The largest absolute Gasteiger partial charge is 0.455 e. The third-order valence-corrected chi connectivity index (χ3v) is 11.8. The maximum absolute atomic E-state index is 6.95. The lowest BCUT2D eigenvalue weighted by Crippen LogP contribution is -2.37. The van der Waals surface area contributed by atoms with Gasteiger partial charge in [0.15, 0.2) is 7.28 Å². The second-order valence-corrected chi connectivity index (χ2v) is 15.2. The molecule has 0 saturated carbocycles. The summed E-state index contributed by atoms with van der Waals surface area (Å²) >= 11 is 0. The monoisotopic (exact) mass is 725 g/mol. The Bertz CT molecular complexity index is 3400. The molecule has 1 N–H and O–H groups in total. The van der Waals surface area contributed by atoms with Gasteiger partial charge in [-0.2, -0.15) is 0 Å². The summed E-state index contributed by atoms with van der Waals surface area (Å²) in [5.41, 5.74) is 15.8. The van der Waals surface area contributed by atoms with Gasteiger partial charge in [-0.25, -0.2) is 0 Å². The van der Waals surface area contributed by atoms with Gasteiger partial charge >= 0.3 is 0 Å². The lowest BCUT2D eigenvalue weighted by atomic mass is 9.58. The Morgan fingerprint density at radius 3 is 2.02 bits per heavy atom. The van der Waals surface area contributed by atoms with Crippen molar-refractivity contribution >= 4 is 83.9 Å². The number of anilines is 2. The quantitative estimate of drug-likeness (QED) is 0.179. The molecule has 265 valence electrons. The van der Waals surface area contributed by atoms with Crippen LogP contribution in [0, 0.1) is 6.92 Å². The number of hydrogen-bond acceptors (Lipinski definition) is 2. The van der Waals surface area contributed by atoms with E-state index in [-0.39, 0.29) is 0 Å². The molecule has 0 atom stereocenters. The third kappa shape index (κ3) is 4.80. The van der Waals surface area contributed by atoms with Gasteiger partial charge in [-0.1, -0.05) is 163 Å². The third-order valence-electron chi connectivity index (χ3n) is 11.8. The summed E-state index contributed by atoms with van der Waals surface area (Å²) in [4.78, 5) is 0. The molecule has 1 radical (unpaired) electrons. The van der Waals surface area contributed by atoms with Crippen LogP contribution in [0.15, 0.2) is 186 Å². The Kier molecular flexibility index (Phi) is 6.94. The summed E-state index contributed by atoms with van der Waals surface area (Å²) in [5.74, 6) is 0.882. The average molecular weight is 726 g/mol. The summed E-state index contributed by atoms with van der Waals surface area (Å²) in [5, 5.41) is 12.3. The first-order valence-corrected chi connectivity index (χ1v) is 19.6. The van der Waals surface area contributed by atoms with Crippen LogP contribution in [0.2, 0.25) is 0 Å². The van der Waals surface area contributed by atoms with Gasteiger partial charge in [0.25, 0.3) is 0 Å². The molecule has 1 aliphatic rings. The Labute approximate surface area is 330 Å². The number of aryl methyl sites for hydroxylation is 1. The van der Waals surface area contributed by atoms with Gasteiger partial charge < -0.3 is 14.3 Å². The van der Waals surface area contributed by atoms with Crippen molar-refractivity contribution in [2.45, 2.75) is 6.92 Å². The summed E-state index contributed by atoms with van der Waals surface area (Å²) in [7, 11) is 2.41. The fraction of sp³-hybridized carbons (Fsp3) is 0.0189. The molecule has 1 aliphatic heterocycles. The first-order chi connectivity index (χ1) is 28.2. The smallest absolute Gasteiger partial charge is 0.198 e. The molecule has 0 aliphatic carbocycles. The minimum absolute atomic E-state index is 0.868. The van der Waals surface area contributed by atoms with E-state index >= 15 is 0 Å². The van der Waals surface area contributed by atoms with Crippen LogP contribution in [0.4, 0.5) is 11.4 Å². The number of fused-ring (bicyclic) bond motifs is 10. The number of furan rings is 1. The molecular formula is C53H34BN2O. The minimum atomic E-state index is 0.868. The van der Waals surface area contributed by atoms with Gasteiger partial charge in [-0.05, 0) is 70.0 Å². The lowest BCUT2D eigenvalue weighted by molar-refractivity contribution is 0.632. The van der Waals surface area contributed by atoms with Crippen molar-refractivity contribution in [3.05, 3.63) is 188 Å². The van der Waals surface area contributed by atoms with Crippen molar-refractivity contribution in [2.75, 3.05) is 5.32 Å². The van der Waals surface area contributed by atoms with Crippen LogP contribution in [-0.2, 0) is 0 Å². The topological polar surface area (TPSA) is 30.1 Å². The molecule has 57 heavy (non-hydrogen) atoms. The maximum Gasteiger partial charge on any atom is 0.198 e. The van der Waals surface area contributed by atoms with E-state index in [0.717, 1.165) is 61.5 Å². The number of rotatable bonds is 5. The second-order valence-electron chi connectivity index (χ2n) is 15.2. The Hall–Kier alpha value is -7.30. The highest BCUT2D eigenvalue weighted by Gasteiger charge is 2.31. The van der Waals surface area contributed by atoms with Crippen LogP contribution < -0.4 is 16.2 Å². The molecule has 0 unspecified atom stereocenters. The zero-order valence-electron chi connectivity index (χ0n) is 31.3. The molecule has 0 spiro atoms. The number of nitrogens with one attached hydrogen (secondary N) is 1. The van der Waals surface area contributed by atoms with E-state index < -0.39 is 0 Å². The molecule has 2 aromatic heterocycles. The summed E-state index contributed by atoms with van der Waals surface area (Å²) in [6.45, 7) is 2.13. The van der Waals surface area contributed by atoms with E-state index in [0.29, 0.717) is 0 Å².